The Morgan fingerprint density at radius 2 is 1.70 bits per heavy atom. The summed E-state index contributed by atoms with van der Waals surface area (Å²) < 4.78 is 6.53. The lowest BCUT2D eigenvalue weighted by Gasteiger charge is -2.38. The van der Waals surface area contributed by atoms with Gasteiger partial charge in [-0.2, -0.15) is 0 Å². The Bertz CT molecular complexity index is 1280. The van der Waals surface area contributed by atoms with Gasteiger partial charge in [0.2, 0.25) is 17.7 Å². The molecule has 1 saturated carbocycles. The van der Waals surface area contributed by atoms with E-state index in [2.05, 4.69) is 41.2 Å². The Morgan fingerprint density at radius 1 is 1.00 bits per heavy atom. The van der Waals surface area contributed by atoms with Crippen molar-refractivity contribution in [2.45, 2.75) is 70.2 Å². The first-order chi connectivity index (χ1) is 21.1. The Hall–Kier alpha value is -2.17. The highest BCUT2D eigenvalue weighted by atomic mass is 35.5. The molecule has 1 aliphatic carbocycles. The summed E-state index contributed by atoms with van der Waals surface area (Å²) >= 11 is 12.4. The molecule has 2 bridgehead atoms. The smallest absolute Gasteiger partial charge is 0.246 e. The number of rotatable bonds is 9. The van der Waals surface area contributed by atoms with Gasteiger partial charge in [0.1, 0.15) is 11.6 Å². The van der Waals surface area contributed by atoms with Gasteiger partial charge in [-0.1, -0.05) is 69.0 Å². The second-order valence-electron chi connectivity index (χ2n) is 13.4. The van der Waals surface area contributed by atoms with Crippen molar-refractivity contribution in [3.63, 3.8) is 0 Å². The summed E-state index contributed by atoms with van der Waals surface area (Å²) in [5, 5.41) is 7.04. The van der Waals surface area contributed by atoms with E-state index in [4.69, 9.17) is 27.9 Å². The third-order valence-electron chi connectivity index (χ3n) is 10.9. The molecule has 2 N–H and O–H groups in total. The van der Waals surface area contributed by atoms with E-state index in [0.717, 1.165) is 65.0 Å². The van der Waals surface area contributed by atoms with Gasteiger partial charge in [0.05, 0.1) is 17.9 Å². The van der Waals surface area contributed by atoms with Crippen molar-refractivity contribution >= 4 is 46.6 Å². The van der Waals surface area contributed by atoms with E-state index in [-0.39, 0.29) is 23.8 Å². The molecule has 11 heteroatoms. The summed E-state index contributed by atoms with van der Waals surface area (Å²) in [7, 11) is 0. The second-order valence-corrected chi connectivity index (χ2v) is 14.3. The topological polar surface area (TPSA) is 94.2 Å². The zero-order valence-electron chi connectivity index (χ0n) is 25.9. The third kappa shape index (κ3) is 5.91. The fourth-order valence-electron chi connectivity index (χ4n) is 8.20. The highest BCUT2D eigenvalue weighted by Gasteiger charge is 2.72. The van der Waals surface area contributed by atoms with Crippen molar-refractivity contribution in [1.29, 1.82) is 0 Å². The van der Waals surface area contributed by atoms with Crippen LogP contribution in [0.3, 0.4) is 0 Å². The minimum atomic E-state index is -1.18. The molecule has 3 saturated heterocycles. The molecule has 3 amide bonds. The first-order valence-corrected chi connectivity index (χ1v) is 17.1. The molecule has 1 aromatic carbocycles. The molecule has 4 fully saturated rings. The highest BCUT2D eigenvalue weighted by molar-refractivity contribution is 6.35. The van der Waals surface area contributed by atoms with Crippen molar-refractivity contribution in [3.05, 3.63) is 40.4 Å². The SMILES string of the molecule is CCN1CCN(CCCN2C(=O)[C@H]3[C@H](C(=O)Nc4cc(Cl)cc(Cl)c4)[C@H]4C=C[C@@]3(O4)[C@@H]2C(=O)N[C@@H]2CCC[C@@H](C)[C@@H]2C)CC1. The normalized spacial score (nSPS) is 35.2. The van der Waals surface area contributed by atoms with Crippen LogP contribution in [0.15, 0.2) is 30.4 Å². The van der Waals surface area contributed by atoms with E-state index in [1.807, 2.05) is 12.2 Å². The molecule has 6 rings (SSSR count). The number of fused-ring (bicyclic) bond motifs is 1. The predicted octanol–water partition coefficient (Wildman–Crippen LogP) is 4.05. The predicted molar refractivity (Wildman–Crippen MR) is 172 cm³/mol. The van der Waals surface area contributed by atoms with E-state index >= 15 is 0 Å². The monoisotopic (exact) mass is 645 g/mol. The van der Waals surface area contributed by atoms with Gasteiger partial charge in [-0.3, -0.25) is 14.4 Å². The number of hydrogen-bond donors (Lipinski definition) is 2. The van der Waals surface area contributed by atoms with Crippen LogP contribution >= 0.6 is 23.2 Å². The summed E-state index contributed by atoms with van der Waals surface area (Å²) in [6.07, 6.45) is 7.01. The molecule has 240 valence electrons. The molecule has 5 aliphatic rings. The Balaban J connectivity index is 1.23. The lowest BCUT2D eigenvalue weighted by atomic mass is 9.73. The summed E-state index contributed by atoms with van der Waals surface area (Å²) in [6.45, 7) is 13.1. The number of likely N-dealkylation sites (tertiary alicyclic amines) is 1. The number of amides is 3. The van der Waals surface area contributed by atoms with Crippen LogP contribution in [0.5, 0.6) is 0 Å². The number of carbonyl (C=O) groups is 3. The van der Waals surface area contributed by atoms with Crippen LogP contribution in [0.4, 0.5) is 5.69 Å². The van der Waals surface area contributed by atoms with Gasteiger partial charge in [0, 0.05) is 54.5 Å². The van der Waals surface area contributed by atoms with Gasteiger partial charge in [0.15, 0.2) is 0 Å². The minimum Gasteiger partial charge on any atom is -0.359 e. The molecule has 4 heterocycles. The fraction of sp³-hybridized carbons (Fsp3) is 0.667. The standard InChI is InChI=1S/C33H45Cl2N5O4/c1-4-38-13-15-39(16-14-38)11-6-12-40-29(31(42)37-25-8-5-7-20(2)21(25)3)33-10-9-26(44-33)27(28(33)32(40)43)30(41)36-24-18-22(34)17-23(35)19-24/h9-10,17-21,25-29H,4-8,11-16H2,1-3H3,(H,36,41)(H,37,42)/t20-,21+,25-,26-,27-,28-,29+,33+/m1/s1. The molecule has 1 spiro atoms. The van der Waals surface area contributed by atoms with Crippen molar-refractivity contribution in [2.75, 3.05) is 51.1 Å². The number of carbonyl (C=O) groups excluding carboxylic acids is 3. The van der Waals surface area contributed by atoms with Crippen LogP contribution in [0.1, 0.15) is 46.5 Å². The number of halogens is 2. The summed E-state index contributed by atoms with van der Waals surface area (Å²) in [6, 6.07) is 4.05. The van der Waals surface area contributed by atoms with Gasteiger partial charge in [0.25, 0.3) is 0 Å². The first kappa shape index (κ1) is 31.8. The average molecular weight is 647 g/mol. The largest absolute Gasteiger partial charge is 0.359 e. The van der Waals surface area contributed by atoms with Crippen molar-refractivity contribution in [2.24, 2.45) is 23.7 Å². The number of hydrogen-bond acceptors (Lipinski definition) is 6. The maximum Gasteiger partial charge on any atom is 0.246 e. The van der Waals surface area contributed by atoms with Gasteiger partial charge in [-0.25, -0.2) is 0 Å². The quantitative estimate of drug-likeness (QED) is 0.394. The summed E-state index contributed by atoms with van der Waals surface area (Å²) in [5.74, 6) is -1.44. The maximum absolute atomic E-state index is 14.3. The lowest BCUT2D eigenvalue weighted by molar-refractivity contribution is -0.141. The molecule has 1 aromatic rings. The second kappa shape index (κ2) is 12.9. The van der Waals surface area contributed by atoms with Crippen LogP contribution < -0.4 is 10.6 Å². The van der Waals surface area contributed by atoms with Crippen molar-refractivity contribution in [3.8, 4) is 0 Å². The van der Waals surface area contributed by atoms with Crippen LogP contribution in [0.2, 0.25) is 10.0 Å². The van der Waals surface area contributed by atoms with Crippen LogP contribution in [0.25, 0.3) is 0 Å². The molecular weight excluding hydrogens is 601 g/mol. The zero-order valence-corrected chi connectivity index (χ0v) is 27.4. The molecule has 0 unspecified atom stereocenters. The van der Waals surface area contributed by atoms with E-state index in [0.29, 0.717) is 34.1 Å². The molecule has 8 atom stereocenters. The Kier molecular flexibility index (Phi) is 9.33. The number of nitrogens with one attached hydrogen (secondary N) is 2. The van der Waals surface area contributed by atoms with E-state index in [1.165, 1.54) is 0 Å². The molecule has 0 aromatic heterocycles. The number of likely N-dealkylation sites (N-methyl/N-ethyl adjacent to an activating group) is 1. The zero-order chi connectivity index (χ0) is 31.2. The number of piperazine rings is 1. The van der Waals surface area contributed by atoms with E-state index in [9.17, 15) is 14.4 Å². The highest BCUT2D eigenvalue weighted by Crippen LogP contribution is 2.55. The number of anilines is 1. The lowest BCUT2D eigenvalue weighted by Crippen LogP contribution is -2.58. The van der Waals surface area contributed by atoms with Crippen LogP contribution in [0, 0.1) is 23.7 Å². The van der Waals surface area contributed by atoms with Crippen molar-refractivity contribution in [1.82, 2.24) is 20.0 Å². The number of nitrogens with zero attached hydrogens (tertiary/aromatic N) is 3. The minimum absolute atomic E-state index is 0.0442. The third-order valence-corrected chi connectivity index (χ3v) is 11.3. The molecular formula is C33H45Cl2N5O4. The fourth-order valence-corrected chi connectivity index (χ4v) is 8.73. The van der Waals surface area contributed by atoms with Crippen LogP contribution in [-0.4, -0.2) is 102 Å². The summed E-state index contributed by atoms with van der Waals surface area (Å²) in [4.78, 5) is 48.9. The van der Waals surface area contributed by atoms with Gasteiger partial charge in [-0.15, -0.1) is 0 Å². The first-order valence-electron chi connectivity index (χ1n) is 16.3. The van der Waals surface area contributed by atoms with Gasteiger partial charge in [-0.05, 0) is 56.0 Å². The van der Waals surface area contributed by atoms with Gasteiger partial charge >= 0.3 is 0 Å². The number of benzene rings is 1. The van der Waals surface area contributed by atoms with E-state index in [1.54, 1.807) is 23.1 Å². The molecule has 9 nitrogen and oxygen atoms in total. The van der Waals surface area contributed by atoms with Gasteiger partial charge < -0.3 is 30.1 Å². The Labute approximate surface area is 270 Å². The summed E-state index contributed by atoms with van der Waals surface area (Å²) in [5.41, 5.74) is -0.732. The molecule has 44 heavy (non-hydrogen) atoms. The Morgan fingerprint density at radius 3 is 2.41 bits per heavy atom. The number of ether oxygens (including phenoxy) is 1. The maximum atomic E-state index is 14.3. The van der Waals surface area contributed by atoms with Crippen LogP contribution in [-0.2, 0) is 19.1 Å². The average Bonchev–Trinajstić information content (AvgIpc) is 3.62. The molecule has 0 radical (unpaired) electrons. The van der Waals surface area contributed by atoms with E-state index < -0.39 is 29.6 Å². The molecule has 4 aliphatic heterocycles. The van der Waals surface area contributed by atoms with Crippen molar-refractivity contribution < 1.29 is 19.1 Å².